The summed E-state index contributed by atoms with van der Waals surface area (Å²) in [5.74, 6) is -2.20. The number of carbonyl (C=O) groups is 3. The van der Waals surface area contributed by atoms with E-state index in [1.807, 2.05) is 0 Å². The molecule has 0 rings (SSSR count). The summed E-state index contributed by atoms with van der Waals surface area (Å²) in [5.41, 5.74) is 9.86. The highest BCUT2D eigenvalue weighted by Gasteiger charge is 2.22. The lowest BCUT2D eigenvalue weighted by Crippen LogP contribution is -2.45. The molecular formula is C8H14ClN3O3. The zero-order chi connectivity index (χ0) is 12.0. The van der Waals surface area contributed by atoms with E-state index < -0.39 is 23.6 Å². The summed E-state index contributed by atoms with van der Waals surface area (Å²) in [6, 6.07) is 0. The van der Waals surface area contributed by atoms with Gasteiger partial charge in [-0.25, -0.2) is 0 Å². The van der Waals surface area contributed by atoms with Crippen LogP contribution in [0.15, 0.2) is 0 Å². The van der Waals surface area contributed by atoms with E-state index in [2.05, 4.69) is 0 Å². The average Bonchev–Trinajstić information content (AvgIpc) is 2.13. The number of carbonyl (C=O) groups excluding carboxylic acids is 3. The highest BCUT2D eigenvalue weighted by molar-refractivity contribution is 6.19. The van der Waals surface area contributed by atoms with E-state index in [9.17, 15) is 14.4 Å². The second kappa shape index (κ2) is 6.23. The van der Waals surface area contributed by atoms with Crippen LogP contribution in [-0.2, 0) is 14.4 Å². The molecular weight excluding hydrogens is 222 g/mol. The molecule has 4 N–H and O–H groups in total. The molecule has 6 nitrogen and oxygen atoms in total. The Hall–Kier alpha value is -1.30. The molecule has 0 aliphatic heterocycles. The molecule has 0 saturated carbocycles. The third kappa shape index (κ3) is 5.21. The van der Waals surface area contributed by atoms with Gasteiger partial charge in [0.15, 0.2) is 0 Å². The topological polar surface area (TPSA) is 106 Å². The van der Waals surface area contributed by atoms with Gasteiger partial charge in [0.05, 0.1) is 13.1 Å². The second-order valence-corrected chi connectivity index (χ2v) is 3.49. The summed E-state index contributed by atoms with van der Waals surface area (Å²) >= 11 is 5.48. The van der Waals surface area contributed by atoms with E-state index in [1.54, 1.807) is 6.92 Å². The first-order valence-corrected chi connectivity index (χ1v) is 4.83. The molecule has 0 saturated heterocycles. The maximum Gasteiger partial charge on any atom is 0.237 e. The van der Waals surface area contributed by atoms with Gasteiger partial charge in [0, 0.05) is 11.8 Å². The van der Waals surface area contributed by atoms with E-state index in [0.717, 1.165) is 4.90 Å². The van der Waals surface area contributed by atoms with Crippen molar-refractivity contribution < 1.29 is 14.4 Å². The highest BCUT2D eigenvalue weighted by Crippen LogP contribution is 2.04. The van der Waals surface area contributed by atoms with Gasteiger partial charge in [-0.1, -0.05) is 6.92 Å². The minimum Gasteiger partial charge on any atom is -0.368 e. The molecule has 0 bridgehead atoms. The lowest BCUT2D eigenvalue weighted by atomic mass is 10.2. The molecule has 0 aliphatic rings. The third-order valence-electron chi connectivity index (χ3n) is 1.66. The number of rotatable bonds is 6. The van der Waals surface area contributed by atoms with Crippen molar-refractivity contribution in [3.05, 3.63) is 0 Å². The summed E-state index contributed by atoms with van der Waals surface area (Å²) in [6.07, 6.45) is 0. The van der Waals surface area contributed by atoms with Crippen LogP contribution in [0.3, 0.4) is 0 Å². The van der Waals surface area contributed by atoms with Crippen molar-refractivity contribution in [2.75, 3.05) is 19.0 Å². The van der Waals surface area contributed by atoms with E-state index >= 15 is 0 Å². The van der Waals surface area contributed by atoms with E-state index in [0.29, 0.717) is 0 Å². The Morgan fingerprint density at radius 2 is 1.60 bits per heavy atom. The van der Waals surface area contributed by atoms with Crippen molar-refractivity contribution >= 4 is 29.3 Å². The van der Waals surface area contributed by atoms with Gasteiger partial charge in [-0.3, -0.25) is 14.4 Å². The number of nitrogens with zero attached hydrogens (tertiary/aromatic N) is 1. The van der Waals surface area contributed by atoms with Crippen LogP contribution in [-0.4, -0.2) is 41.6 Å². The van der Waals surface area contributed by atoms with Gasteiger partial charge < -0.3 is 16.4 Å². The van der Waals surface area contributed by atoms with E-state index in [-0.39, 0.29) is 19.0 Å². The monoisotopic (exact) mass is 235 g/mol. The molecule has 86 valence electrons. The van der Waals surface area contributed by atoms with Crippen LogP contribution in [0.25, 0.3) is 0 Å². The molecule has 3 amide bonds. The Bertz CT molecular complexity index is 254. The number of halogens is 1. The number of primary amides is 2. The van der Waals surface area contributed by atoms with Crippen molar-refractivity contribution in [1.82, 2.24) is 4.90 Å². The fourth-order valence-corrected chi connectivity index (χ4v) is 1.10. The van der Waals surface area contributed by atoms with Gasteiger partial charge in [-0.15, -0.1) is 11.6 Å². The van der Waals surface area contributed by atoms with Crippen LogP contribution in [0.1, 0.15) is 6.92 Å². The molecule has 7 heteroatoms. The molecule has 15 heavy (non-hydrogen) atoms. The fraction of sp³-hybridized carbons (Fsp3) is 0.625. The van der Waals surface area contributed by atoms with E-state index in [1.165, 1.54) is 0 Å². The molecule has 1 atom stereocenters. The number of nitrogens with two attached hydrogens (primary N) is 2. The number of hydrogen-bond acceptors (Lipinski definition) is 3. The third-order valence-corrected chi connectivity index (χ3v) is 2.12. The van der Waals surface area contributed by atoms with Crippen LogP contribution in [0, 0.1) is 5.92 Å². The Labute approximate surface area is 92.5 Å². The molecule has 0 radical (unpaired) electrons. The van der Waals surface area contributed by atoms with Crippen molar-refractivity contribution in [2.24, 2.45) is 17.4 Å². The van der Waals surface area contributed by atoms with Crippen LogP contribution in [0.4, 0.5) is 0 Å². The Morgan fingerprint density at radius 1 is 1.20 bits per heavy atom. The SMILES string of the molecule is CC(CCl)C(=O)N(CC(N)=O)CC(N)=O. The molecule has 0 aromatic heterocycles. The minimum atomic E-state index is -0.702. The van der Waals surface area contributed by atoms with Crippen molar-refractivity contribution in [3.8, 4) is 0 Å². The molecule has 0 aromatic carbocycles. The van der Waals surface area contributed by atoms with Gasteiger partial charge >= 0.3 is 0 Å². The predicted molar refractivity (Wildman–Crippen MR) is 54.9 cm³/mol. The van der Waals surface area contributed by atoms with Crippen LogP contribution in [0.2, 0.25) is 0 Å². The lowest BCUT2D eigenvalue weighted by molar-refractivity contribution is -0.140. The second-order valence-electron chi connectivity index (χ2n) is 3.18. The van der Waals surface area contributed by atoms with Crippen molar-refractivity contribution in [2.45, 2.75) is 6.92 Å². The quantitative estimate of drug-likeness (QED) is 0.557. The normalized spacial score (nSPS) is 11.9. The summed E-state index contributed by atoms with van der Waals surface area (Å²) in [5, 5.41) is 0. The zero-order valence-corrected chi connectivity index (χ0v) is 9.16. The molecule has 0 spiro atoms. The Kier molecular flexibility index (Phi) is 5.69. The molecule has 1 unspecified atom stereocenters. The summed E-state index contributed by atoms with van der Waals surface area (Å²) in [7, 11) is 0. The van der Waals surface area contributed by atoms with Crippen molar-refractivity contribution in [1.29, 1.82) is 0 Å². The molecule has 0 heterocycles. The van der Waals surface area contributed by atoms with Crippen LogP contribution >= 0.6 is 11.6 Å². The maximum absolute atomic E-state index is 11.6. The lowest BCUT2D eigenvalue weighted by Gasteiger charge is -2.22. The van der Waals surface area contributed by atoms with Crippen LogP contribution in [0.5, 0.6) is 0 Å². The van der Waals surface area contributed by atoms with Gasteiger partial charge in [0.1, 0.15) is 0 Å². The predicted octanol–water partition coefficient (Wildman–Crippen LogP) is -1.34. The van der Waals surface area contributed by atoms with Gasteiger partial charge in [-0.2, -0.15) is 0 Å². The Morgan fingerprint density at radius 3 is 1.87 bits per heavy atom. The largest absolute Gasteiger partial charge is 0.368 e. The van der Waals surface area contributed by atoms with Gasteiger partial charge in [0.2, 0.25) is 17.7 Å². The summed E-state index contributed by atoms with van der Waals surface area (Å²) < 4.78 is 0. The van der Waals surface area contributed by atoms with E-state index in [4.69, 9.17) is 23.1 Å². The Balaban J connectivity index is 4.53. The highest BCUT2D eigenvalue weighted by atomic mass is 35.5. The fourth-order valence-electron chi connectivity index (χ4n) is 0.966. The number of hydrogen-bond donors (Lipinski definition) is 2. The number of amides is 3. The zero-order valence-electron chi connectivity index (χ0n) is 8.40. The van der Waals surface area contributed by atoms with Crippen LogP contribution < -0.4 is 11.5 Å². The first-order chi connectivity index (χ1) is 6.88. The number of alkyl halides is 1. The standard InChI is InChI=1S/C8H14ClN3O3/c1-5(2-9)8(15)12(3-6(10)13)4-7(11)14/h5H,2-4H2,1H3,(H2,10,13)(H2,11,14). The smallest absolute Gasteiger partial charge is 0.237 e. The molecule has 0 aliphatic carbocycles. The first kappa shape index (κ1) is 13.7. The van der Waals surface area contributed by atoms with Gasteiger partial charge in [-0.05, 0) is 0 Å². The van der Waals surface area contributed by atoms with Crippen molar-refractivity contribution in [3.63, 3.8) is 0 Å². The molecule has 0 aromatic rings. The average molecular weight is 236 g/mol. The maximum atomic E-state index is 11.6. The first-order valence-electron chi connectivity index (χ1n) is 4.29. The summed E-state index contributed by atoms with van der Waals surface area (Å²) in [4.78, 5) is 33.9. The summed E-state index contributed by atoms with van der Waals surface area (Å²) in [6.45, 7) is 0.927. The molecule has 0 fully saturated rings. The minimum absolute atomic E-state index is 0.104. The van der Waals surface area contributed by atoms with Gasteiger partial charge in [0.25, 0.3) is 0 Å².